The predicted octanol–water partition coefficient (Wildman–Crippen LogP) is 0.892. The molecule has 0 aliphatic carbocycles. The molecular weight excluding hydrogens is 140 g/mol. The lowest BCUT2D eigenvalue weighted by molar-refractivity contribution is -0.0533. The molecule has 3 N–H and O–H groups in total. The van der Waals surface area contributed by atoms with Crippen LogP contribution in [0.1, 0.15) is 0 Å². The minimum Gasteiger partial charge on any atom is -0.399 e. The van der Waals surface area contributed by atoms with Crippen molar-refractivity contribution in [3.05, 3.63) is 36.6 Å². The molecule has 3 nitrogen and oxygen atoms in total. The van der Waals surface area contributed by atoms with Gasteiger partial charge >= 0.3 is 0 Å². The zero-order valence-corrected chi connectivity index (χ0v) is 6.70. The average Bonchev–Trinajstić information content (AvgIpc) is 1.85. The average molecular weight is 154 g/mol. The maximum Gasteiger partial charge on any atom is 0.0418 e. The number of rotatable bonds is 4. The highest BCUT2D eigenvalue weighted by atomic mass is 16.5. The van der Waals surface area contributed by atoms with Crippen LogP contribution < -0.4 is 5.73 Å². The molecule has 0 aliphatic heterocycles. The Morgan fingerprint density at radius 3 is 2.73 bits per heavy atom. The number of allylic oxidation sites excluding steroid dienone is 3. The summed E-state index contributed by atoms with van der Waals surface area (Å²) in [7, 11) is 1.58. The van der Waals surface area contributed by atoms with Crippen LogP contribution in [0.25, 0.3) is 0 Å². The molecular formula is C8H14N2O. The van der Waals surface area contributed by atoms with Gasteiger partial charge in [0, 0.05) is 19.3 Å². The van der Waals surface area contributed by atoms with Crippen LogP contribution in [0.2, 0.25) is 0 Å². The monoisotopic (exact) mass is 154 g/mol. The third-order valence-corrected chi connectivity index (χ3v) is 0.927. The van der Waals surface area contributed by atoms with E-state index in [1.807, 2.05) is 0 Å². The molecule has 0 unspecified atom stereocenters. The van der Waals surface area contributed by atoms with Crippen molar-refractivity contribution in [1.29, 1.82) is 0 Å². The Balaban J connectivity index is 3.52. The molecule has 0 aromatic rings. The molecule has 0 rings (SSSR count). The molecule has 0 saturated heterocycles. The summed E-state index contributed by atoms with van der Waals surface area (Å²) < 4.78 is 0. The van der Waals surface area contributed by atoms with Gasteiger partial charge in [0.05, 0.1) is 0 Å². The highest BCUT2D eigenvalue weighted by Gasteiger charge is 1.80. The maximum atomic E-state index is 8.68. The number of hydroxylamine groups is 2. The number of nitrogens with zero attached hydrogens (tertiary/aromatic N) is 1. The fourth-order valence-corrected chi connectivity index (χ4v) is 0.471. The molecule has 0 heterocycles. The molecule has 0 atom stereocenters. The lowest BCUT2D eigenvalue weighted by Crippen LogP contribution is -2.11. The van der Waals surface area contributed by atoms with Gasteiger partial charge in [-0.3, -0.25) is 0 Å². The van der Waals surface area contributed by atoms with Crippen LogP contribution in [0.15, 0.2) is 36.6 Å². The number of likely N-dealkylation sites (N-methyl/N-ethyl adjacent to an activating group) is 1. The number of hydrogen-bond donors (Lipinski definition) is 2. The van der Waals surface area contributed by atoms with Gasteiger partial charge in [0.15, 0.2) is 0 Å². The summed E-state index contributed by atoms with van der Waals surface area (Å²) in [5, 5.41) is 9.76. The second-order valence-corrected chi connectivity index (χ2v) is 2.20. The van der Waals surface area contributed by atoms with E-state index in [1.54, 1.807) is 31.4 Å². The smallest absolute Gasteiger partial charge is 0.0418 e. The van der Waals surface area contributed by atoms with Crippen molar-refractivity contribution in [1.82, 2.24) is 5.06 Å². The summed E-state index contributed by atoms with van der Waals surface area (Å²) in [5.74, 6) is 0. The van der Waals surface area contributed by atoms with Gasteiger partial charge in [0.1, 0.15) is 0 Å². The zero-order chi connectivity index (χ0) is 8.69. The first-order valence-electron chi connectivity index (χ1n) is 3.30. The van der Waals surface area contributed by atoms with Crippen LogP contribution in [0, 0.1) is 0 Å². The summed E-state index contributed by atoms with van der Waals surface area (Å²) in [5.41, 5.74) is 5.78. The molecule has 0 aliphatic rings. The van der Waals surface area contributed by atoms with Gasteiger partial charge in [0.25, 0.3) is 0 Å². The van der Waals surface area contributed by atoms with Crippen molar-refractivity contribution >= 4 is 0 Å². The van der Waals surface area contributed by atoms with Gasteiger partial charge in [-0.25, -0.2) is 0 Å². The van der Waals surface area contributed by atoms with E-state index in [9.17, 15) is 0 Å². The highest BCUT2D eigenvalue weighted by molar-refractivity contribution is 5.15. The highest BCUT2D eigenvalue weighted by Crippen LogP contribution is 1.83. The maximum absolute atomic E-state index is 8.68. The lowest BCUT2D eigenvalue weighted by Gasteiger charge is -2.00. The Kier molecular flexibility index (Phi) is 5.15. The molecule has 0 spiro atoms. The van der Waals surface area contributed by atoms with Crippen molar-refractivity contribution in [2.45, 2.75) is 0 Å². The van der Waals surface area contributed by atoms with Crippen molar-refractivity contribution in [3.8, 4) is 0 Å². The van der Waals surface area contributed by atoms with Crippen LogP contribution >= 0.6 is 0 Å². The van der Waals surface area contributed by atoms with Crippen LogP contribution in [0.4, 0.5) is 0 Å². The van der Waals surface area contributed by atoms with Gasteiger partial charge in [-0.15, -0.1) is 0 Å². The van der Waals surface area contributed by atoms with Crippen molar-refractivity contribution in [2.24, 2.45) is 5.73 Å². The van der Waals surface area contributed by atoms with E-state index in [1.165, 1.54) is 0 Å². The Morgan fingerprint density at radius 2 is 2.27 bits per heavy atom. The quantitative estimate of drug-likeness (QED) is 0.467. The molecule has 0 saturated carbocycles. The minimum atomic E-state index is 0.501. The minimum absolute atomic E-state index is 0.501. The van der Waals surface area contributed by atoms with Crippen LogP contribution in [0.3, 0.4) is 0 Å². The SMILES string of the molecule is C=C(N)/C=C\C=C/CN(C)O. The second-order valence-electron chi connectivity index (χ2n) is 2.20. The summed E-state index contributed by atoms with van der Waals surface area (Å²) in [6.07, 6.45) is 7.06. The van der Waals surface area contributed by atoms with Crippen LogP contribution in [-0.2, 0) is 0 Å². The van der Waals surface area contributed by atoms with Gasteiger partial charge in [-0.05, 0) is 6.08 Å². The van der Waals surface area contributed by atoms with E-state index in [-0.39, 0.29) is 0 Å². The second kappa shape index (κ2) is 5.70. The van der Waals surface area contributed by atoms with Crippen molar-refractivity contribution in [2.75, 3.05) is 13.6 Å². The van der Waals surface area contributed by atoms with Crippen molar-refractivity contribution < 1.29 is 5.21 Å². The molecule has 0 radical (unpaired) electrons. The van der Waals surface area contributed by atoms with Gasteiger partial charge in [-0.2, -0.15) is 5.06 Å². The predicted molar refractivity (Wildman–Crippen MR) is 46.0 cm³/mol. The largest absolute Gasteiger partial charge is 0.399 e. The first-order valence-corrected chi connectivity index (χ1v) is 3.30. The molecule has 0 fully saturated rings. The molecule has 0 amide bonds. The lowest BCUT2D eigenvalue weighted by atomic mass is 10.4. The van der Waals surface area contributed by atoms with E-state index in [0.29, 0.717) is 12.2 Å². The zero-order valence-electron chi connectivity index (χ0n) is 6.70. The molecule has 0 bridgehead atoms. The van der Waals surface area contributed by atoms with E-state index < -0.39 is 0 Å². The first kappa shape index (κ1) is 9.94. The normalized spacial score (nSPS) is 11.9. The van der Waals surface area contributed by atoms with E-state index in [2.05, 4.69) is 6.58 Å². The fraction of sp³-hybridized carbons (Fsp3) is 0.250. The third kappa shape index (κ3) is 8.94. The summed E-state index contributed by atoms with van der Waals surface area (Å²) in [6.45, 7) is 3.99. The Morgan fingerprint density at radius 1 is 1.64 bits per heavy atom. The van der Waals surface area contributed by atoms with E-state index >= 15 is 0 Å². The van der Waals surface area contributed by atoms with Crippen LogP contribution in [0.5, 0.6) is 0 Å². The molecule has 11 heavy (non-hydrogen) atoms. The number of nitrogens with two attached hydrogens (primary N) is 1. The summed E-state index contributed by atoms with van der Waals surface area (Å²) in [6, 6.07) is 0. The van der Waals surface area contributed by atoms with Crippen molar-refractivity contribution in [3.63, 3.8) is 0 Å². The Hall–Kier alpha value is -1.06. The molecule has 0 aromatic heterocycles. The summed E-state index contributed by atoms with van der Waals surface area (Å²) in [4.78, 5) is 0. The molecule has 3 heteroatoms. The number of hydrogen-bond acceptors (Lipinski definition) is 3. The summed E-state index contributed by atoms with van der Waals surface area (Å²) >= 11 is 0. The Bertz CT molecular complexity index is 171. The Labute approximate surface area is 67.1 Å². The molecule has 62 valence electrons. The topological polar surface area (TPSA) is 49.5 Å². The van der Waals surface area contributed by atoms with Gasteiger partial charge in [-0.1, -0.05) is 24.8 Å². The van der Waals surface area contributed by atoms with Gasteiger partial charge in [0.2, 0.25) is 0 Å². The first-order chi connectivity index (χ1) is 5.13. The van der Waals surface area contributed by atoms with Gasteiger partial charge < -0.3 is 10.9 Å². The standard InChI is InChI=1S/C8H14N2O/c1-8(9)6-4-3-5-7-10(2)11/h3-6,11H,1,7,9H2,2H3/b5-3-,6-4-. The molecule has 0 aromatic carbocycles. The van der Waals surface area contributed by atoms with Crippen LogP contribution in [-0.4, -0.2) is 23.9 Å². The fourth-order valence-electron chi connectivity index (χ4n) is 0.471. The van der Waals surface area contributed by atoms with E-state index in [0.717, 1.165) is 5.06 Å². The van der Waals surface area contributed by atoms with E-state index in [4.69, 9.17) is 10.9 Å². The third-order valence-electron chi connectivity index (χ3n) is 0.927.